The van der Waals surface area contributed by atoms with Crippen LogP contribution in [0.1, 0.15) is 22.3 Å². The van der Waals surface area contributed by atoms with Crippen molar-refractivity contribution >= 4 is 17.4 Å². The van der Waals surface area contributed by atoms with E-state index in [2.05, 4.69) is 24.3 Å². The van der Waals surface area contributed by atoms with Crippen LogP contribution in [0.2, 0.25) is 0 Å². The van der Waals surface area contributed by atoms with E-state index in [-0.39, 0.29) is 0 Å². The molecular formula is C17H18N2O. The minimum Gasteiger partial charge on any atom is -0.351 e. The fourth-order valence-electron chi connectivity index (χ4n) is 2.82. The molecule has 0 aromatic heterocycles. The Morgan fingerprint density at radius 1 is 0.950 bits per heavy atom. The number of urea groups is 1. The Labute approximate surface area is 119 Å². The summed E-state index contributed by atoms with van der Waals surface area (Å²) in [5.41, 5.74) is 12.1. The van der Waals surface area contributed by atoms with E-state index in [1.165, 1.54) is 11.1 Å². The first kappa shape index (κ1) is 12.7. The molecule has 2 amide bonds. The summed E-state index contributed by atoms with van der Waals surface area (Å²) < 4.78 is 0. The molecular weight excluding hydrogens is 248 g/mol. The number of aryl methyl sites for hydroxylation is 4. The van der Waals surface area contributed by atoms with E-state index in [0.717, 1.165) is 35.3 Å². The van der Waals surface area contributed by atoms with Crippen LogP contribution in [0.25, 0.3) is 0 Å². The zero-order valence-corrected chi connectivity index (χ0v) is 11.8. The molecule has 0 radical (unpaired) electrons. The van der Waals surface area contributed by atoms with Crippen LogP contribution in [0.15, 0.2) is 36.4 Å². The predicted molar refractivity (Wildman–Crippen MR) is 81.5 cm³/mol. The quantitative estimate of drug-likeness (QED) is 0.777. The van der Waals surface area contributed by atoms with Crippen LogP contribution >= 0.6 is 0 Å². The molecule has 0 saturated heterocycles. The van der Waals surface area contributed by atoms with Crippen LogP contribution in [0, 0.1) is 13.8 Å². The second-order valence-corrected chi connectivity index (χ2v) is 5.44. The van der Waals surface area contributed by atoms with Gasteiger partial charge in [0.25, 0.3) is 0 Å². The highest BCUT2D eigenvalue weighted by Crippen LogP contribution is 2.36. The van der Waals surface area contributed by atoms with Gasteiger partial charge in [0.15, 0.2) is 0 Å². The van der Waals surface area contributed by atoms with Crippen molar-refractivity contribution in [2.24, 2.45) is 5.73 Å². The number of hydrogen-bond acceptors (Lipinski definition) is 1. The molecule has 2 N–H and O–H groups in total. The van der Waals surface area contributed by atoms with Gasteiger partial charge in [0, 0.05) is 0 Å². The summed E-state index contributed by atoms with van der Waals surface area (Å²) in [4.78, 5) is 13.7. The molecule has 1 heterocycles. The molecule has 0 unspecified atom stereocenters. The number of nitrogens with zero attached hydrogens (tertiary/aromatic N) is 1. The number of carbonyl (C=O) groups excluding carboxylic acids is 1. The van der Waals surface area contributed by atoms with E-state index >= 15 is 0 Å². The Kier molecular flexibility index (Phi) is 2.97. The Morgan fingerprint density at radius 2 is 1.40 bits per heavy atom. The number of benzene rings is 2. The normalized spacial score (nSPS) is 13.4. The van der Waals surface area contributed by atoms with Gasteiger partial charge in [-0.05, 0) is 61.1 Å². The maximum Gasteiger partial charge on any atom is 0.323 e. The fraction of sp³-hybridized carbons (Fsp3) is 0.235. The number of anilines is 2. The molecule has 3 rings (SSSR count). The van der Waals surface area contributed by atoms with E-state index in [9.17, 15) is 4.79 Å². The van der Waals surface area contributed by atoms with Crippen molar-refractivity contribution in [2.75, 3.05) is 4.90 Å². The first-order chi connectivity index (χ1) is 9.56. The van der Waals surface area contributed by atoms with Crippen molar-refractivity contribution in [1.29, 1.82) is 0 Å². The first-order valence-corrected chi connectivity index (χ1v) is 6.85. The van der Waals surface area contributed by atoms with E-state index in [4.69, 9.17) is 5.73 Å². The van der Waals surface area contributed by atoms with Crippen molar-refractivity contribution in [3.63, 3.8) is 0 Å². The topological polar surface area (TPSA) is 46.3 Å². The first-order valence-electron chi connectivity index (χ1n) is 6.85. The van der Waals surface area contributed by atoms with Crippen LogP contribution in [0.5, 0.6) is 0 Å². The van der Waals surface area contributed by atoms with Gasteiger partial charge < -0.3 is 5.73 Å². The van der Waals surface area contributed by atoms with Crippen molar-refractivity contribution < 1.29 is 4.79 Å². The summed E-state index contributed by atoms with van der Waals surface area (Å²) in [5, 5.41) is 0. The van der Waals surface area contributed by atoms with Gasteiger partial charge in [0.05, 0.1) is 11.4 Å². The van der Waals surface area contributed by atoms with Gasteiger partial charge in [-0.15, -0.1) is 0 Å². The average Bonchev–Trinajstić information content (AvgIpc) is 2.54. The molecule has 102 valence electrons. The van der Waals surface area contributed by atoms with Gasteiger partial charge >= 0.3 is 6.03 Å². The maximum absolute atomic E-state index is 12.0. The van der Waals surface area contributed by atoms with E-state index in [1.807, 2.05) is 26.0 Å². The average molecular weight is 266 g/mol. The number of fused-ring (bicyclic) bond motifs is 2. The number of primary amides is 1. The molecule has 0 bridgehead atoms. The third kappa shape index (κ3) is 2.05. The van der Waals surface area contributed by atoms with Gasteiger partial charge in [-0.2, -0.15) is 0 Å². The molecule has 0 aliphatic carbocycles. The van der Waals surface area contributed by atoms with Crippen molar-refractivity contribution in [1.82, 2.24) is 0 Å². The van der Waals surface area contributed by atoms with Gasteiger partial charge in [0.1, 0.15) is 0 Å². The minimum atomic E-state index is -0.425. The van der Waals surface area contributed by atoms with Crippen LogP contribution < -0.4 is 10.6 Å². The Hall–Kier alpha value is -2.29. The minimum absolute atomic E-state index is 0.425. The standard InChI is InChI=1S/C17H18N2O/c1-11-3-5-13-7-8-14-6-4-12(2)10-16(14)19(17(18)20)15(13)9-11/h3-6,9-10H,7-8H2,1-2H3,(H2,18,20). The second kappa shape index (κ2) is 4.67. The highest BCUT2D eigenvalue weighted by Gasteiger charge is 2.24. The zero-order valence-electron chi connectivity index (χ0n) is 11.8. The molecule has 0 saturated carbocycles. The van der Waals surface area contributed by atoms with Crippen molar-refractivity contribution in [3.8, 4) is 0 Å². The van der Waals surface area contributed by atoms with Crippen molar-refractivity contribution in [3.05, 3.63) is 58.7 Å². The highest BCUT2D eigenvalue weighted by atomic mass is 16.2. The summed E-state index contributed by atoms with van der Waals surface area (Å²) in [7, 11) is 0. The summed E-state index contributed by atoms with van der Waals surface area (Å²) in [6.07, 6.45) is 1.85. The molecule has 1 aliphatic heterocycles. The largest absolute Gasteiger partial charge is 0.351 e. The maximum atomic E-state index is 12.0. The third-order valence-electron chi connectivity index (χ3n) is 3.85. The van der Waals surface area contributed by atoms with Crippen LogP contribution in [0.4, 0.5) is 16.2 Å². The number of carbonyl (C=O) groups is 1. The molecule has 20 heavy (non-hydrogen) atoms. The predicted octanol–water partition coefficient (Wildman–Crippen LogP) is 3.62. The zero-order chi connectivity index (χ0) is 14.3. The number of hydrogen-bond donors (Lipinski definition) is 1. The molecule has 1 aliphatic rings. The fourth-order valence-corrected chi connectivity index (χ4v) is 2.82. The summed E-state index contributed by atoms with van der Waals surface area (Å²) in [6, 6.07) is 12.0. The van der Waals surface area contributed by atoms with Gasteiger partial charge in [-0.1, -0.05) is 24.3 Å². The third-order valence-corrected chi connectivity index (χ3v) is 3.85. The van der Waals surface area contributed by atoms with Crippen molar-refractivity contribution in [2.45, 2.75) is 26.7 Å². The Morgan fingerprint density at radius 3 is 1.80 bits per heavy atom. The number of nitrogens with two attached hydrogens (primary N) is 1. The molecule has 0 fully saturated rings. The molecule has 3 heteroatoms. The van der Waals surface area contributed by atoms with Crippen LogP contribution in [-0.2, 0) is 12.8 Å². The lowest BCUT2D eigenvalue weighted by Crippen LogP contribution is -2.32. The number of amides is 2. The molecule has 3 nitrogen and oxygen atoms in total. The number of rotatable bonds is 0. The summed E-state index contributed by atoms with van der Waals surface area (Å²) in [6.45, 7) is 4.06. The van der Waals surface area contributed by atoms with Crippen LogP contribution in [-0.4, -0.2) is 6.03 Å². The van der Waals surface area contributed by atoms with E-state index in [0.29, 0.717) is 0 Å². The van der Waals surface area contributed by atoms with Gasteiger partial charge in [-0.25, -0.2) is 4.79 Å². The monoisotopic (exact) mass is 266 g/mol. The van der Waals surface area contributed by atoms with E-state index in [1.54, 1.807) is 4.90 Å². The smallest absolute Gasteiger partial charge is 0.323 e. The summed E-state index contributed by atoms with van der Waals surface area (Å²) >= 11 is 0. The lowest BCUT2D eigenvalue weighted by atomic mass is 10.0. The molecule has 0 atom stereocenters. The Balaban J connectivity index is 2.27. The molecule has 2 aromatic carbocycles. The lowest BCUT2D eigenvalue weighted by Gasteiger charge is -2.23. The highest BCUT2D eigenvalue weighted by molar-refractivity contribution is 6.00. The van der Waals surface area contributed by atoms with Gasteiger partial charge in [-0.3, -0.25) is 4.90 Å². The van der Waals surface area contributed by atoms with E-state index < -0.39 is 6.03 Å². The SMILES string of the molecule is Cc1ccc2c(c1)N(C(N)=O)c1cc(C)ccc1CC2. The molecule has 2 aromatic rings. The van der Waals surface area contributed by atoms with Crippen LogP contribution in [0.3, 0.4) is 0 Å². The van der Waals surface area contributed by atoms with Gasteiger partial charge in [0.2, 0.25) is 0 Å². The summed E-state index contributed by atoms with van der Waals surface area (Å²) in [5.74, 6) is 0. The Bertz CT molecular complexity index is 638. The second-order valence-electron chi connectivity index (χ2n) is 5.44. The lowest BCUT2D eigenvalue weighted by molar-refractivity contribution is 0.256. The molecule has 0 spiro atoms.